The van der Waals surface area contributed by atoms with Gasteiger partial charge in [0.1, 0.15) is 0 Å². The molecule has 0 aliphatic carbocycles. The molecule has 8 heteroatoms. The molecule has 20 heavy (non-hydrogen) atoms. The molecule has 0 aromatic heterocycles. The maximum absolute atomic E-state index is 11.4. The largest absolute Gasteiger partial charge is 0.385 e. The highest BCUT2D eigenvalue weighted by Gasteiger charge is 2.12. The van der Waals surface area contributed by atoms with Crippen molar-refractivity contribution < 1.29 is 17.9 Å². The predicted molar refractivity (Wildman–Crippen MR) is 79.1 cm³/mol. The smallest absolute Gasteiger partial charge is 0.233 e. The van der Waals surface area contributed by atoms with Gasteiger partial charge in [-0.25, -0.2) is 12.7 Å². The summed E-state index contributed by atoms with van der Waals surface area (Å²) in [5, 5.41) is 5.76. The number of nitrogens with zero attached hydrogens (tertiary/aromatic N) is 1. The van der Waals surface area contributed by atoms with Gasteiger partial charge in [-0.3, -0.25) is 4.79 Å². The van der Waals surface area contributed by atoms with Crippen molar-refractivity contribution in [3.8, 4) is 0 Å². The topological polar surface area (TPSA) is 87.7 Å². The summed E-state index contributed by atoms with van der Waals surface area (Å²) in [5.41, 5.74) is 0. The molecule has 0 aromatic rings. The average Bonchev–Trinajstić information content (AvgIpc) is 2.37. The maximum Gasteiger partial charge on any atom is 0.233 e. The third kappa shape index (κ3) is 10.1. The van der Waals surface area contributed by atoms with E-state index >= 15 is 0 Å². The van der Waals surface area contributed by atoms with Gasteiger partial charge in [0.15, 0.2) is 0 Å². The normalized spacial score (nSPS) is 11.8. The molecule has 1 amide bonds. The number of carbonyl (C=O) groups is 1. The van der Waals surface area contributed by atoms with Gasteiger partial charge in [0.05, 0.1) is 12.8 Å². The molecule has 0 radical (unpaired) electrons. The highest BCUT2D eigenvalue weighted by Crippen LogP contribution is 1.97. The molecule has 0 aliphatic rings. The molecule has 7 nitrogen and oxygen atoms in total. The van der Waals surface area contributed by atoms with Gasteiger partial charge in [-0.1, -0.05) is 6.92 Å². The van der Waals surface area contributed by atoms with Gasteiger partial charge in [0.2, 0.25) is 15.9 Å². The van der Waals surface area contributed by atoms with Crippen molar-refractivity contribution in [2.45, 2.75) is 19.8 Å². The quantitative estimate of drug-likeness (QED) is 0.470. The van der Waals surface area contributed by atoms with Crippen LogP contribution in [-0.2, 0) is 19.6 Å². The summed E-state index contributed by atoms with van der Waals surface area (Å²) in [4.78, 5) is 11.4. The van der Waals surface area contributed by atoms with E-state index in [9.17, 15) is 13.2 Å². The minimum atomic E-state index is -3.12. The number of rotatable bonds is 12. The number of methoxy groups -OCH3 is 1. The summed E-state index contributed by atoms with van der Waals surface area (Å²) >= 11 is 0. The van der Waals surface area contributed by atoms with Crippen molar-refractivity contribution in [1.29, 1.82) is 0 Å². The lowest BCUT2D eigenvalue weighted by Crippen LogP contribution is -2.36. The summed E-state index contributed by atoms with van der Waals surface area (Å²) in [6.45, 7) is 4.84. The highest BCUT2D eigenvalue weighted by atomic mass is 32.2. The molecule has 0 aliphatic heterocycles. The fourth-order valence-electron chi connectivity index (χ4n) is 1.65. The third-order valence-electron chi connectivity index (χ3n) is 2.72. The fraction of sp³-hybridized carbons (Fsp3) is 0.917. The molecule has 0 unspecified atom stereocenters. The van der Waals surface area contributed by atoms with Gasteiger partial charge in [-0.15, -0.1) is 0 Å². The summed E-state index contributed by atoms with van der Waals surface area (Å²) in [6.07, 6.45) is 2.68. The van der Waals surface area contributed by atoms with Crippen molar-refractivity contribution in [2.24, 2.45) is 0 Å². The molecule has 0 heterocycles. The van der Waals surface area contributed by atoms with E-state index in [1.165, 1.54) is 10.6 Å². The molecule has 0 saturated heterocycles. The van der Waals surface area contributed by atoms with Crippen LogP contribution in [0.3, 0.4) is 0 Å². The Balaban J connectivity index is 3.59. The first kappa shape index (κ1) is 19.3. The Morgan fingerprint density at radius 3 is 2.50 bits per heavy atom. The van der Waals surface area contributed by atoms with Gasteiger partial charge in [-0.05, 0) is 19.4 Å². The van der Waals surface area contributed by atoms with Gasteiger partial charge >= 0.3 is 0 Å². The van der Waals surface area contributed by atoms with Gasteiger partial charge in [0, 0.05) is 33.4 Å². The number of carbonyl (C=O) groups excluding carboxylic acids is 1. The van der Waals surface area contributed by atoms with Crippen LogP contribution in [0.5, 0.6) is 0 Å². The first-order valence-electron chi connectivity index (χ1n) is 6.83. The molecule has 2 N–H and O–H groups in total. The van der Waals surface area contributed by atoms with E-state index in [-0.39, 0.29) is 12.5 Å². The summed E-state index contributed by atoms with van der Waals surface area (Å²) in [7, 11) is -1.50. The Morgan fingerprint density at radius 1 is 1.25 bits per heavy atom. The summed E-state index contributed by atoms with van der Waals surface area (Å²) < 4.78 is 29.0. The zero-order valence-electron chi connectivity index (χ0n) is 12.6. The van der Waals surface area contributed by atoms with Crippen LogP contribution in [0.4, 0.5) is 0 Å². The number of hydrogen-bond donors (Lipinski definition) is 2. The SMILES string of the molecule is CCN(CCCNCC(=O)NCCCOC)S(C)(=O)=O. The molecule has 0 saturated carbocycles. The van der Waals surface area contributed by atoms with E-state index in [4.69, 9.17) is 4.74 Å². The number of hydrogen-bond acceptors (Lipinski definition) is 5. The lowest BCUT2D eigenvalue weighted by molar-refractivity contribution is -0.120. The Hall–Kier alpha value is -0.700. The first-order chi connectivity index (χ1) is 9.41. The summed E-state index contributed by atoms with van der Waals surface area (Å²) in [5.74, 6) is -0.0587. The van der Waals surface area contributed by atoms with E-state index in [0.29, 0.717) is 39.2 Å². The monoisotopic (exact) mass is 309 g/mol. The molecule has 0 bridgehead atoms. The zero-order valence-corrected chi connectivity index (χ0v) is 13.5. The van der Waals surface area contributed by atoms with Crippen molar-refractivity contribution in [3.63, 3.8) is 0 Å². The van der Waals surface area contributed by atoms with Gasteiger partial charge < -0.3 is 15.4 Å². The lowest BCUT2D eigenvalue weighted by atomic mass is 10.4. The van der Waals surface area contributed by atoms with E-state index < -0.39 is 10.0 Å². The molecule has 0 rings (SSSR count). The molecular formula is C12H27N3O4S. The minimum absolute atomic E-state index is 0.0587. The van der Waals surface area contributed by atoms with Crippen LogP contribution in [0, 0.1) is 0 Å². The predicted octanol–water partition coefficient (Wildman–Crippen LogP) is -0.600. The zero-order chi connectivity index (χ0) is 15.4. The van der Waals surface area contributed by atoms with Crippen molar-refractivity contribution in [2.75, 3.05) is 52.7 Å². The number of nitrogens with one attached hydrogen (secondary N) is 2. The van der Waals surface area contributed by atoms with Crippen LogP contribution in [0.25, 0.3) is 0 Å². The van der Waals surface area contributed by atoms with Crippen LogP contribution in [0.15, 0.2) is 0 Å². The first-order valence-corrected chi connectivity index (χ1v) is 8.68. The van der Waals surface area contributed by atoms with Gasteiger partial charge in [0.25, 0.3) is 0 Å². The van der Waals surface area contributed by atoms with Crippen LogP contribution >= 0.6 is 0 Å². The number of sulfonamides is 1. The fourth-order valence-corrected chi connectivity index (χ4v) is 2.58. The second-order valence-corrected chi connectivity index (χ2v) is 6.46. The molecule has 0 spiro atoms. The molecule has 0 aromatic carbocycles. The van der Waals surface area contributed by atoms with Crippen LogP contribution in [0.2, 0.25) is 0 Å². The van der Waals surface area contributed by atoms with Crippen LogP contribution in [-0.4, -0.2) is 71.3 Å². The Kier molecular flexibility index (Phi) is 10.6. The minimum Gasteiger partial charge on any atom is -0.385 e. The molecule has 120 valence electrons. The Labute approximate surface area is 122 Å². The lowest BCUT2D eigenvalue weighted by Gasteiger charge is -2.17. The van der Waals surface area contributed by atoms with Crippen LogP contribution < -0.4 is 10.6 Å². The third-order valence-corrected chi connectivity index (χ3v) is 4.09. The second kappa shape index (κ2) is 11.0. The Morgan fingerprint density at radius 2 is 1.95 bits per heavy atom. The Bertz CT molecular complexity index is 360. The average molecular weight is 309 g/mol. The second-order valence-electron chi connectivity index (χ2n) is 4.48. The summed E-state index contributed by atoms with van der Waals surface area (Å²) in [6, 6.07) is 0. The van der Waals surface area contributed by atoms with E-state index in [1.807, 2.05) is 6.92 Å². The molecule has 0 fully saturated rings. The van der Waals surface area contributed by atoms with E-state index in [1.54, 1.807) is 7.11 Å². The number of ether oxygens (including phenoxy) is 1. The highest BCUT2D eigenvalue weighted by molar-refractivity contribution is 7.88. The van der Waals surface area contributed by atoms with E-state index in [0.717, 1.165) is 6.42 Å². The molecule has 0 atom stereocenters. The van der Waals surface area contributed by atoms with E-state index in [2.05, 4.69) is 10.6 Å². The van der Waals surface area contributed by atoms with Gasteiger partial charge in [-0.2, -0.15) is 0 Å². The van der Waals surface area contributed by atoms with Crippen LogP contribution in [0.1, 0.15) is 19.8 Å². The van der Waals surface area contributed by atoms with Crippen molar-refractivity contribution >= 4 is 15.9 Å². The standard InChI is InChI=1S/C12H27N3O4S/c1-4-15(20(3,17)18)9-5-7-13-11-12(16)14-8-6-10-19-2/h13H,4-11H2,1-3H3,(H,14,16). The van der Waals surface area contributed by atoms with Crippen molar-refractivity contribution in [3.05, 3.63) is 0 Å². The maximum atomic E-state index is 11.4. The molecular weight excluding hydrogens is 282 g/mol. The van der Waals surface area contributed by atoms with Crippen molar-refractivity contribution in [1.82, 2.24) is 14.9 Å². The number of amides is 1.